The first-order valence-corrected chi connectivity index (χ1v) is 15.3. The van der Waals surface area contributed by atoms with Crippen LogP contribution in [0.25, 0.3) is 0 Å². The molecule has 5 aliphatic rings. The molecule has 0 unspecified atom stereocenters. The number of rotatable bonds is 3. The first kappa shape index (κ1) is 28.2. The van der Waals surface area contributed by atoms with E-state index in [1.54, 1.807) is 5.57 Å². The van der Waals surface area contributed by atoms with Gasteiger partial charge in [-0.05, 0) is 110 Å². The van der Waals surface area contributed by atoms with Gasteiger partial charge in [0.2, 0.25) is 0 Å². The molecule has 4 fully saturated rings. The van der Waals surface area contributed by atoms with Crippen molar-refractivity contribution in [3.8, 4) is 0 Å². The molecule has 0 saturated heterocycles. The van der Waals surface area contributed by atoms with Crippen molar-refractivity contribution in [1.82, 2.24) is 0 Å². The van der Waals surface area contributed by atoms with E-state index in [0.29, 0.717) is 23.7 Å². The number of hydrogen-bond acceptors (Lipinski definition) is 4. The zero-order valence-corrected chi connectivity index (χ0v) is 24.9. The predicted octanol–water partition coefficient (Wildman–Crippen LogP) is 7.17. The first-order chi connectivity index (χ1) is 17.6. The zero-order valence-electron chi connectivity index (χ0n) is 24.9. The maximum Gasteiger partial charge on any atom is 0.317 e. The van der Waals surface area contributed by atoms with Crippen molar-refractivity contribution in [3.05, 3.63) is 11.6 Å². The van der Waals surface area contributed by atoms with Crippen molar-refractivity contribution in [2.24, 2.45) is 50.7 Å². The normalized spacial score (nSPS) is 47.2. The standard InChI is InChI=1S/C33H52O5/c1-29(2)22-10-8-20-19-31(5)15-12-23-30(3,4)26(38-28(37)18-27(35)36)14-17-33(23,7)24(31)11-9-21(20)32(22,6)16-13-25(29)34/h8,21-26,34H,9-19H2,1-7H3,(H,35,36)/t21-,22-,23-,24-,25-,26-,31-,32+,33-/m0/s1. The van der Waals surface area contributed by atoms with Crippen LogP contribution in [0.1, 0.15) is 119 Å². The first-order valence-electron chi connectivity index (χ1n) is 15.3. The average molecular weight is 529 g/mol. The molecular weight excluding hydrogens is 476 g/mol. The number of carboxylic acids is 1. The molecule has 9 atom stereocenters. The smallest absolute Gasteiger partial charge is 0.317 e. The van der Waals surface area contributed by atoms with E-state index in [2.05, 4.69) is 54.5 Å². The number of carbonyl (C=O) groups excluding carboxylic acids is 1. The van der Waals surface area contributed by atoms with E-state index in [0.717, 1.165) is 38.5 Å². The highest BCUT2D eigenvalue weighted by molar-refractivity contribution is 5.90. The zero-order chi connectivity index (χ0) is 27.9. The lowest BCUT2D eigenvalue weighted by Crippen LogP contribution is -2.59. The second kappa shape index (κ2) is 9.08. The Kier molecular flexibility index (Phi) is 6.73. The molecule has 5 rings (SSSR count). The lowest BCUT2D eigenvalue weighted by Gasteiger charge is -2.64. The summed E-state index contributed by atoms with van der Waals surface area (Å²) in [4.78, 5) is 23.4. The van der Waals surface area contributed by atoms with Gasteiger partial charge < -0.3 is 14.9 Å². The topological polar surface area (TPSA) is 83.8 Å². The molecule has 4 saturated carbocycles. The van der Waals surface area contributed by atoms with Crippen molar-refractivity contribution < 1.29 is 24.5 Å². The number of carboxylic acid groups (broad SMARTS) is 1. The summed E-state index contributed by atoms with van der Waals surface area (Å²) in [6.07, 6.45) is 12.6. The number of esters is 1. The third kappa shape index (κ3) is 4.11. The quantitative estimate of drug-likeness (QED) is 0.231. The molecular formula is C33H52O5. The number of fused-ring (bicyclic) bond motifs is 6. The van der Waals surface area contributed by atoms with Crippen molar-refractivity contribution in [2.75, 3.05) is 0 Å². The highest BCUT2D eigenvalue weighted by atomic mass is 16.5. The van der Waals surface area contributed by atoms with Crippen molar-refractivity contribution in [3.63, 3.8) is 0 Å². The molecule has 0 aromatic carbocycles. The van der Waals surface area contributed by atoms with Gasteiger partial charge in [-0.2, -0.15) is 0 Å². The van der Waals surface area contributed by atoms with E-state index in [1.165, 1.54) is 25.7 Å². The predicted molar refractivity (Wildman–Crippen MR) is 148 cm³/mol. The highest BCUT2D eigenvalue weighted by Crippen LogP contribution is 2.70. The molecule has 0 spiro atoms. The van der Waals surface area contributed by atoms with Crippen LogP contribution in [0.5, 0.6) is 0 Å². The van der Waals surface area contributed by atoms with Gasteiger partial charge in [0, 0.05) is 5.41 Å². The van der Waals surface area contributed by atoms with Gasteiger partial charge in [0.05, 0.1) is 6.10 Å². The summed E-state index contributed by atoms with van der Waals surface area (Å²) in [7, 11) is 0. The van der Waals surface area contributed by atoms with E-state index < -0.39 is 18.4 Å². The van der Waals surface area contributed by atoms with Crippen LogP contribution < -0.4 is 0 Å². The summed E-state index contributed by atoms with van der Waals surface area (Å²) < 4.78 is 5.83. The molecule has 0 bridgehead atoms. The highest BCUT2D eigenvalue weighted by Gasteiger charge is 2.63. The molecule has 214 valence electrons. The molecule has 0 radical (unpaired) electrons. The number of aliphatic hydroxyl groups excluding tert-OH is 1. The van der Waals surface area contributed by atoms with Gasteiger partial charge in [-0.1, -0.05) is 60.1 Å². The fraction of sp³-hybridized carbons (Fsp3) is 0.879. The number of hydrogen-bond donors (Lipinski definition) is 2. The maximum atomic E-state index is 12.3. The number of aliphatic carboxylic acids is 1. The Hall–Kier alpha value is -1.36. The molecule has 0 aliphatic heterocycles. The second-order valence-corrected chi connectivity index (χ2v) is 16.0. The van der Waals surface area contributed by atoms with E-state index in [1.807, 2.05) is 0 Å². The third-order valence-corrected chi connectivity index (χ3v) is 13.4. The Balaban J connectivity index is 1.42. The SMILES string of the molecule is CC1(C)[C@@H](OC(=O)CC(=O)O)CC[C@@]2(C)[C@H]1CC[C@@]1(C)CC3=CC[C@H]4C(C)(C)[C@@H](O)CC[C@]4(C)[C@H]3CC[C@@H]12. The summed E-state index contributed by atoms with van der Waals surface area (Å²) in [6.45, 7) is 16.8. The van der Waals surface area contributed by atoms with E-state index in [4.69, 9.17) is 9.84 Å². The number of carbonyl (C=O) groups is 2. The summed E-state index contributed by atoms with van der Waals surface area (Å²) in [5, 5.41) is 20.0. The van der Waals surface area contributed by atoms with Gasteiger partial charge in [-0.15, -0.1) is 0 Å². The molecule has 5 nitrogen and oxygen atoms in total. The molecule has 2 N–H and O–H groups in total. The van der Waals surface area contributed by atoms with Crippen LogP contribution in [-0.2, 0) is 14.3 Å². The van der Waals surface area contributed by atoms with E-state index in [-0.39, 0.29) is 39.3 Å². The molecule has 0 aromatic heterocycles. The van der Waals surface area contributed by atoms with Gasteiger partial charge in [0.1, 0.15) is 12.5 Å². The van der Waals surface area contributed by atoms with Crippen molar-refractivity contribution in [2.45, 2.75) is 131 Å². The molecule has 5 heteroatoms. The molecule has 38 heavy (non-hydrogen) atoms. The second-order valence-electron chi connectivity index (χ2n) is 16.0. The third-order valence-electron chi connectivity index (χ3n) is 13.4. The van der Waals surface area contributed by atoms with Gasteiger partial charge in [0.25, 0.3) is 0 Å². The monoisotopic (exact) mass is 528 g/mol. The fourth-order valence-corrected chi connectivity index (χ4v) is 11.5. The minimum absolute atomic E-state index is 0.0461. The van der Waals surface area contributed by atoms with Gasteiger partial charge >= 0.3 is 11.9 Å². The molecule has 0 aromatic rings. The van der Waals surface area contributed by atoms with Crippen molar-refractivity contribution in [1.29, 1.82) is 0 Å². The molecule has 0 heterocycles. The number of aliphatic hydroxyl groups is 1. The summed E-state index contributed by atoms with van der Waals surface area (Å²) in [5.74, 6) is 0.485. The molecule has 5 aliphatic carbocycles. The van der Waals surface area contributed by atoms with E-state index in [9.17, 15) is 14.7 Å². The average Bonchev–Trinajstić information content (AvgIpc) is 2.95. The minimum atomic E-state index is -1.12. The molecule has 0 amide bonds. The minimum Gasteiger partial charge on any atom is -0.481 e. The lowest BCUT2D eigenvalue weighted by atomic mass is 9.42. The van der Waals surface area contributed by atoms with Crippen LogP contribution in [0.3, 0.4) is 0 Å². The van der Waals surface area contributed by atoms with Crippen LogP contribution in [0.4, 0.5) is 0 Å². The Morgan fingerprint density at radius 3 is 2.21 bits per heavy atom. The number of ether oxygens (including phenoxy) is 1. The van der Waals surface area contributed by atoms with Crippen molar-refractivity contribution >= 4 is 11.9 Å². The van der Waals surface area contributed by atoms with Crippen LogP contribution in [0.15, 0.2) is 11.6 Å². The van der Waals surface area contributed by atoms with E-state index >= 15 is 0 Å². The Morgan fingerprint density at radius 2 is 1.53 bits per heavy atom. The summed E-state index contributed by atoms with van der Waals surface area (Å²) in [6, 6.07) is 0. The number of allylic oxidation sites excluding steroid dienone is 2. The van der Waals surface area contributed by atoms with Gasteiger partial charge in [-0.3, -0.25) is 9.59 Å². The maximum absolute atomic E-state index is 12.3. The summed E-state index contributed by atoms with van der Waals surface area (Å²) in [5.41, 5.74) is 2.20. The van der Waals surface area contributed by atoms with Crippen LogP contribution >= 0.6 is 0 Å². The lowest BCUT2D eigenvalue weighted by molar-refractivity contribution is -0.194. The van der Waals surface area contributed by atoms with Crippen LogP contribution in [-0.4, -0.2) is 34.4 Å². The Labute approximate surface area is 230 Å². The van der Waals surface area contributed by atoms with Crippen LogP contribution in [0.2, 0.25) is 0 Å². The van der Waals surface area contributed by atoms with Gasteiger partial charge in [-0.25, -0.2) is 0 Å². The van der Waals surface area contributed by atoms with Crippen LogP contribution in [0, 0.1) is 50.7 Å². The Morgan fingerprint density at radius 1 is 0.842 bits per heavy atom. The Bertz CT molecular complexity index is 1010. The largest absolute Gasteiger partial charge is 0.481 e. The fourth-order valence-electron chi connectivity index (χ4n) is 11.5. The van der Waals surface area contributed by atoms with Gasteiger partial charge in [0.15, 0.2) is 0 Å². The summed E-state index contributed by atoms with van der Waals surface area (Å²) >= 11 is 0.